The number of imidazole rings is 1. The molecule has 0 radical (unpaired) electrons. The molecule has 10 heteroatoms. The molecular formula is C21H16ClFN6O2. The number of rotatable bonds is 3. The standard InChI is InChI=1S/C21H16ClFN6O2/c1-26-18-16(19(30)27(2)21(26)31)28(11-13-14(22)9-6-10-15(13)23)20-25-24-17(29(18)20)12-7-4-3-5-8-12/h3-10H,11H2,1-2H3. The number of halogens is 2. The third-order valence-electron chi connectivity index (χ3n) is 5.39. The fourth-order valence-electron chi connectivity index (χ4n) is 3.82. The Bertz CT molecular complexity index is 1580. The van der Waals surface area contributed by atoms with Gasteiger partial charge in [-0.3, -0.25) is 18.5 Å². The summed E-state index contributed by atoms with van der Waals surface area (Å²) >= 11 is 6.24. The topological polar surface area (TPSA) is 79.1 Å². The Morgan fingerprint density at radius 3 is 2.42 bits per heavy atom. The zero-order valence-electron chi connectivity index (χ0n) is 16.6. The molecule has 31 heavy (non-hydrogen) atoms. The van der Waals surface area contributed by atoms with Crippen LogP contribution in [-0.2, 0) is 20.6 Å². The second-order valence-electron chi connectivity index (χ2n) is 7.19. The number of nitrogens with zero attached hydrogens (tertiary/aromatic N) is 6. The van der Waals surface area contributed by atoms with Gasteiger partial charge in [0.2, 0.25) is 5.78 Å². The lowest BCUT2D eigenvalue weighted by atomic mass is 10.2. The van der Waals surface area contributed by atoms with Crippen molar-refractivity contribution in [2.75, 3.05) is 0 Å². The van der Waals surface area contributed by atoms with E-state index in [1.165, 1.54) is 23.7 Å². The quantitative estimate of drug-likeness (QED) is 0.433. The molecule has 0 fully saturated rings. The van der Waals surface area contributed by atoms with E-state index in [1.54, 1.807) is 22.1 Å². The van der Waals surface area contributed by atoms with Crippen molar-refractivity contribution in [1.29, 1.82) is 0 Å². The third-order valence-corrected chi connectivity index (χ3v) is 5.74. The van der Waals surface area contributed by atoms with Crippen LogP contribution >= 0.6 is 11.6 Å². The highest BCUT2D eigenvalue weighted by Crippen LogP contribution is 2.27. The predicted octanol–water partition coefficient (Wildman–Crippen LogP) is 2.59. The van der Waals surface area contributed by atoms with Gasteiger partial charge in [0, 0.05) is 30.2 Å². The molecule has 156 valence electrons. The Balaban J connectivity index is 1.95. The molecule has 0 N–H and O–H groups in total. The molecule has 0 aliphatic rings. The van der Waals surface area contributed by atoms with E-state index < -0.39 is 17.1 Å². The van der Waals surface area contributed by atoms with Crippen LogP contribution in [0.25, 0.3) is 28.3 Å². The van der Waals surface area contributed by atoms with Gasteiger partial charge >= 0.3 is 5.69 Å². The van der Waals surface area contributed by atoms with Gasteiger partial charge in [0.05, 0.1) is 6.54 Å². The predicted molar refractivity (Wildman–Crippen MR) is 115 cm³/mol. The fourth-order valence-corrected chi connectivity index (χ4v) is 4.04. The first kappa shape index (κ1) is 19.3. The maximum Gasteiger partial charge on any atom is 0.332 e. The summed E-state index contributed by atoms with van der Waals surface area (Å²) < 4.78 is 20.1. The molecule has 3 aromatic heterocycles. The molecule has 0 atom stereocenters. The van der Waals surface area contributed by atoms with E-state index in [0.29, 0.717) is 17.2 Å². The number of aromatic nitrogens is 6. The smallest absolute Gasteiger partial charge is 0.298 e. The maximum atomic E-state index is 14.6. The Hall–Kier alpha value is -3.72. The van der Waals surface area contributed by atoms with Gasteiger partial charge in [0.25, 0.3) is 5.56 Å². The van der Waals surface area contributed by atoms with E-state index in [2.05, 4.69) is 10.2 Å². The first-order chi connectivity index (χ1) is 14.9. The first-order valence-corrected chi connectivity index (χ1v) is 9.79. The monoisotopic (exact) mass is 438 g/mol. The number of aryl methyl sites for hydroxylation is 1. The van der Waals surface area contributed by atoms with Gasteiger partial charge in [0.1, 0.15) is 5.82 Å². The largest absolute Gasteiger partial charge is 0.332 e. The minimum atomic E-state index is -0.518. The van der Waals surface area contributed by atoms with Crippen molar-refractivity contribution < 1.29 is 4.39 Å². The molecule has 0 aliphatic heterocycles. The van der Waals surface area contributed by atoms with E-state index in [1.807, 2.05) is 30.3 Å². The van der Waals surface area contributed by atoms with Crippen LogP contribution < -0.4 is 11.2 Å². The molecular weight excluding hydrogens is 423 g/mol. The molecule has 0 aliphatic carbocycles. The molecule has 0 bridgehead atoms. The average molecular weight is 439 g/mol. The Morgan fingerprint density at radius 2 is 1.71 bits per heavy atom. The van der Waals surface area contributed by atoms with E-state index in [4.69, 9.17) is 11.6 Å². The van der Waals surface area contributed by atoms with Gasteiger partial charge in [-0.05, 0) is 12.1 Å². The molecule has 0 saturated carbocycles. The second kappa shape index (κ2) is 6.92. The van der Waals surface area contributed by atoms with Gasteiger partial charge in [-0.15, -0.1) is 10.2 Å². The van der Waals surface area contributed by atoms with Gasteiger partial charge in [-0.25, -0.2) is 13.6 Å². The minimum Gasteiger partial charge on any atom is -0.298 e. The van der Waals surface area contributed by atoms with Crippen molar-refractivity contribution in [2.45, 2.75) is 6.54 Å². The van der Waals surface area contributed by atoms with Crippen molar-refractivity contribution >= 4 is 28.5 Å². The summed E-state index contributed by atoms with van der Waals surface area (Å²) in [6.45, 7) is -0.0567. The van der Waals surface area contributed by atoms with E-state index in [-0.39, 0.29) is 22.6 Å². The highest BCUT2D eigenvalue weighted by Gasteiger charge is 2.25. The lowest BCUT2D eigenvalue weighted by Gasteiger charge is -2.09. The van der Waals surface area contributed by atoms with E-state index in [9.17, 15) is 14.0 Å². The Labute approximate surface area is 179 Å². The lowest BCUT2D eigenvalue weighted by Crippen LogP contribution is -2.37. The summed E-state index contributed by atoms with van der Waals surface area (Å²) in [5.74, 6) is 0.255. The van der Waals surface area contributed by atoms with Crippen LogP contribution in [0.3, 0.4) is 0 Å². The number of hydrogen-bond donors (Lipinski definition) is 0. The van der Waals surface area contributed by atoms with Crippen molar-refractivity contribution in [1.82, 2.24) is 28.3 Å². The molecule has 5 aromatic rings. The summed E-state index contributed by atoms with van der Waals surface area (Å²) in [5.41, 5.74) is 0.475. The zero-order valence-corrected chi connectivity index (χ0v) is 17.3. The first-order valence-electron chi connectivity index (χ1n) is 9.41. The van der Waals surface area contributed by atoms with E-state index in [0.717, 1.165) is 10.1 Å². The van der Waals surface area contributed by atoms with Crippen molar-refractivity contribution in [3.8, 4) is 11.4 Å². The molecule has 5 rings (SSSR count). The Morgan fingerprint density at radius 1 is 0.968 bits per heavy atom. The molecule has 8 nitrogen and oxygen atoms in total. The van der Waals surface area contributed by atoms with Gasteiger partial charge in [0.15, 0.2) is 17.0 Å². The highest BCUT2D eigenvalue weighted by molar-refractivity contribution is 6.31. The Kier molecular flexibility index (Phi) is 4.30. The van der Waals surface area contributed by atoms with Gasteiger partial charge in [-0.2, -0.15) is 0 Å². The van der Waals surface area contributed by atoms with Crippen molar-refractivity contribution in [3.05, 3.63) is 85.8 Å². The SMILES string of the molecule is Cn1c(=O)c2c(n(C)c1=O)n1c(-c3ccccc3)nnc1n2Cc1c(F)cccc1Cl. The van der Waals surface area contributed by atoms with Crippen LogP contribution in [0.4, 0.5) is 4.39 Å². The summed E-state index contributed by atoms with van der Waals surface area (Å²) in [4.78, 5) is 25.8. The van der Waals surface area contributed by atoms with Gasteiger partial charge < -0.3 is 0 Å². The molecule has 0 spiro atoms. The lowest BCUT2D eigenvalue weighted by molar-refractivity contribution is 0.602. The highest BCUT2D eigenvalue weighted by atomic mass is 35.5. The third kappa shape index (κ3) is 2.73. The van der Waals surface area contributed by atoms with Crippen molar-refractivity contribution in [2.24, 2.45) is 14.1 Å². The number of fused-ring (bicyclic) bond motifs is 3. The normalized spacial score (nSPS) is 11.6. The molecule has 0 unspecified atom stereocenters. The number of hydrogen-bond acceptors (Lipinski definition) is 4. The van der Waals surface area contributed by atoms with E-state index >= 15 is 0 Å². The maximum absolute atomic E-state index is 14.6. The molecule has 0 saturated heterocycles. The molecule has 3 heterocycles. The second-order valence-corrected chi connectivity index (χ2v) is 7.60. The van der Waals surface area contributed by atoms with Crippen LogP contribution in [0.15, 0.2) is 58.1 Å². The fraction of sp³-hybridized carbons (Fsp3) is 0.143. The van der Waals surface area contributed by atoms with Crippen LogP contribution in [0.5, 0.6) is 0 Å². The van der Waals surface area contributed by atoms with Crippen LogP contribution in [-0.4, -0.2) is 28.3 Å². The molecule has 0 amide bonds. The van der Waals surface area contributed by atoms with Crippen molar-refractivity contribution in [3.63, 3.8) is 0 Å². The van der Waals surface area contributed by atoms with Crippen LogP contribution in [0.1, 0.15) is 5.56 Å². The number of benzene rings is 2. The van der Waals surface area contributed by atoms with Gasteiger partial charge in [-0.1, -0.05) is 48.0 Å². The summed E-state index contributed by atoms with van der Waals surface area (Å²) in [6, 6.07) is 13.7. The van der Waals surface area contributed by atoms with Crippen LogP contribution in [0, 0.1) is 5.82 Å². The summed E-state index contributed by atoms with van der Waals surface area (Å²) in [7, 11) is 2.97. The summed E-state index contributed by atoms with van der Waals surface area (Å²) in [5, 5.41) is 8.79. The average Bonchev–Trinajstić information content (AvgIpc) is 3.33. The minimum absolute atomic E-state index is 0.0567. The van der Waals surface area contributed by atoms with Crippen LogP contribution in [0.2, 0.25) is 5.02 Å². The summed E-state index contributed by atoms with van der Waals surface area (Å²) in [6.07, 6.45) is 0. The molecule has 2 aromatic carbocycles. The zero-order chi connectivity index (χ0) is 21.9.